The quantitative estimate of drug-likeness (QED) is 0.385. The van der Waals surface area contributed by atoms with Gasteiger partial charge in [0.25, 0.3) is 0 Å². The topological polar surface area (TPSA) is 129 Å². The van der Waals surface area contributed by atoms with E-state index >= 15 is 0 Å². The summed E-state index contributed by atoms with van der Waals surface area (Å²) in [6.45, 7) is 4.48. The maximum Gasteiger partial charge on any atom is 0.302 e. The molecule has 34 heavy (non-hydrogen) atoms. The zero-order valence-corrected chi connectivity index (χ0v) is 20.5. The number of carbonyl (C=O) groups excluding carboxylic acids is 1. The Morgan fingerprint density at radius 3 is 2.56 bits per heavy atom. The van der Waals surface area contributed by atoms with Gasteiger partial charge < -0.3 is 34.6 Å². The lowest BCUT2D eigenvalue weighted by molar-refractivity contribution is -0.323. The zero-order valence-electron chi connectivity index (χ0n) is 20.5. The average Bonchev–Trinajstić information content (AvgIpc) is 3.18. The van der Waals surface area contributed by atoms with Crippen molar-refractivity contribution in [2.45, 2.75) is 81.2 Å². The van der Waals surface area contributed by atoms with Crippen LogP contribution < -0.4 is 0 Å². The monoisotopic (exact) mass is 481 g/mol. The molecule has 13 atom stereocenters. The minimum atomic E-state index is -1.73. The molecule has 1 heterocycles. The Bertz CT molecular complexity index is 887. The molecule has 1 aliphatic heterocycles. The predicted octanol–water partition coefficient (Wildman–Crippen LogP) is -0.466. The molecule has 0 aromatic carbocycles. The van der Waals surface area contributed by atoms with Crippen LogP contribution in [0.3, 0.4) is 0 Å². The van der Waals surface area contributed by atoms with E-state index in [1.54, 1.807) is 14.2 Å². The Kier molecular flexibility index (Phi) is 4.96. The highest BCUT2D eigenvalue weighted by Gasteiger charge is 2.91. The number of likely N-dealkylation sites (N-methyl/N-ethyl adjacent to an activating group) is 1. The molecular weight excluding hydrogens is 442 g/mol. The van der Waals surface area contributed by atoms with Gasteiger partial charge in [-0.05, 0) is 31.7 Å². The molecular formula is C25H39NO8. The summed E-state index contributed by atoms with van der Waals surface area (Å²) in [5, 5.41) is 47.6. The third-order valence-electron chi connectivity index (χ3n) is 11.5. The highest BCUT2D eigenvalue weighted by atomic mass is 16.6. The van der Waals surface area contributed by atoms with Gasteiger partial charge >= 0.3 is 5.97 Å². The average molecular weight is 482 g/mol. The summed E-state index contributed by atoms with van der Waals surface area (Å²) in [6, 6.07) is -0.534. The number of fused-ring (bicyclic) bond motifs is 2. The minimum Gasteiger partial charge on any atom is -0.462 e. The third kappa shape index (κ3) is 2.18. The van der Waals surface area contributed by atoms with Crippen molar-refractivity contribution in [2.75, 3.05) is 33.9 Å². The van der Waals surface area contributed by atoms with Crippen LogP contribution in [-0.2, 0) is 19.0 Å². The van der Waals surface area contributed by atoms with Crippen molar-refractivity contribution in [3.05, 3.63) is 0 Å². The van der Waals surface area contributed by atoms with Crippen LogP contribution in [0.1, 0.15) is 39.5 Å². The number of hydrogen-bond acceptors (Lipinski definition) is 9. The van der Waals surface area contributed by atoms with Crippen LogP contribution in [-0.4, -0.2) is 107 Å². The first-order chi connectivity index (χ1) is 16.1. The molecule has 192 valence electrons. The van der Waals surface area contributed by atoms with Crippen molar-refractivity contribution < 1.29 is 39.4 Å². The molecule has 6 fully saturated rings. The van der Waals surface area contributed by atoms with Crippen LogP contribution in [0.2, 0.25) is 0 Å². The van der Waals surface area contributed by atoms with Gasteiger partial charge in [-0.1, -0.05) is 6.92 Å². The van der Waals surface area contributed by atoms with E-state index in [4.69, 9.17) is 14.2 Å². The first kappa shape index (κ1) is 23.6. The van der Waals surface area contributed by atoms with Gasteiger partial charge in [0, 0.05) is 62.7 Å². The van der Waals surface area contributed by atoms with E-state index in [-0.39, 0.29) is 30.5 Å². The van der Waals surface area contributed by atoms with E-state index in [9.17, 15) is 25.2 Å². The van der Waals surface area contributed by atoms with E-state index in [1.807, 2.05) is 6.92 Å². The second kappa shape index (κ2) is 7.15. The van der Waals surface area contributed by atoms with Crippen molar-refractivity contribution in [3.63, 3.8) is 0 Å². The van der Waals surface area contributed by atoms with Crippen molar-refractivity contribution in [1.29, 1.82) is 0 Å². The minimum absolute atomic E-state index is 0.0879. The molecule has 1 spiro atoms. The maximum absolute atomic E-state index is 12.9. The second-order valence-electron chi connectivity index (χ2n) is 12.0. The molecule has 5 saturated carbocycles. The number of rotatable bonds is 5. The van der Waals surface area contributed by atoms with Crippen LogP contribution in [0.4, 0.5) is 0 Å². The molecule has 0 aromatic heterocycles. The van der Waals surface area contributed by atoms with E-state index in [2.05, 4.69) is 4.90 Å². The third-order valence-corrected chi connectivity index (χ3v) is 11.5. The van der Waals surface area contributed by atoms with Crippen molar-refractivity contribution in [3.8, 4) is 0 Å². The fourth-order valence-corrected chi connectivity index (χ4v) is 10.8. The van der Waals surface area contributed by atoms with Gasteiger partial charge in [-0.3, -0.25) is 9.69 Å². The standard InChI is InChI=1S/C25H39NO8/c1-5-26-10-22(11-27)7-6-16(29)24-14-8-13-15(32-3)9-23(33-4,17(14)18(13)34-12(2)28)25(31,21(24)26)20(30)19(22)24/h13-21,27,29-31H,5-11H2,1-4H3/t13-,14-,15+,16+,17-,18+,19-,20-,21+,22+,23-,24?,25-/m1/s1. The number of aliphatic hydroxyl groups excluding tert-OH is 3. The summed E-state index contributed by atoms with van der Waals surface area (Å²) in [5.74, 6) is -1.52. The molecule has 0 aromatic rings. The summed E-state index contributed by atoms with van der Waals surface area (Å²) in [7, 11) is 3.19. The number of methoxy groups -OCH3 is 2. The largest absolute Gasteiger partial charge is 0.462 e. The van der Waals surface area contributed by atoms with Crippen molar-refractivity contribution in [2.24, 2.45) is 34.5 Å². The van der Waals surface area contributed by atoms with E-state index < -0.39 is 58.3 Å². The Hall–Kier alpha value is -0.810. The van der Waals surface area contributed by atoms with Crippen LogP contribution >= 0.6 is 0 Å². The fraction of sp³-hybridized carbons (Fsp3) is 0.960. The molecule has 1 saturated heterocycles. The Morgan fingerprint density at radius 2 is 1.97 bits per heavy atom. The summed E-state index contributed by atoms with van der Waals surface area (Å²) in [6.07, 6.45) is -0.698. The van der Waals surface area contributed by atoms with Gasteiger partial charge in [-0.25, -0.2) is 0 Å². The van der Waals surface area contributed by atoms with Gasteiger partial charge in [0.15, 0.2) is 0 Å². The molecule has 7 bridgehead atoms. The number of nitrogens with zero attached hydrogens (tertiary/aromatic N) is 1. The smallest absolute Gasteiger partial charge is 0.302 e. The Labute approximate surface area is 200 Å². The fourth-order valence-electron chi connectivity index (χ4n) is 10.8. The molecule has 6 aliphatic rings. The van der Waals surface area contributed by atoms with Crippen LogP contribution in [0.25, 0.3) is 0 Å². The second-order valence-corrected chi connectivity index (χ2v) is 12.0. The normalized spacial score (nSPS) is 59.2. The summed E-state index contributed by atoms with van der Waals surface area (Å²) < 4.78 is 18.2. The number of piperidine rings is 1. The van der Waals surface area contributed by atoms with Crippen LogP contribution in [0, 0.1) is 34.5 Å². The van der Waals surface area contributed by atoms with E-state index in [1.165, 1.54) is 6.92 Å². The lowest BCUT2D eigenvalue weighted by atomic mass is 9.42. The lowest BCUT2D eigenvalue weighted by Crippen LogP contribution is -2.82. The highest BCUT2D eigenvalue weighted by Crippen LogP contribution is 2.80. The first-order valence-corrected chi connectivity index (χ1v) is 12.8. The molecule has 9 heteroatoms. The number of hydrogen-bond donors (Lipinski definition) is 4. The number of esters is 1. The van der Waals surface area contributed by atoms with Gasteiger partial charge in [0.05, 0.1) is 31.0 Å². The summed E-state index contributed by atoms with van der Waals surface area (Å²) in [4.78, 5) is 14.4. The van der Waals surface area contributed by atoms with Gasteiger partial charge in [-0.15, -0.1) is 0 Å². The molecule has 6 rings (SSSR count). The van der Waals surface area contributed by atoms with Gasteiger partial charge in [0.1, 0.15) is 17.3 Å². The summed E-state index contributed by atoms with van der Waals surface area (Å²) in [5.41, 5.74) is -4.42. The molecule has 0 amide bonds. The first-order valence-electron chi connectivity index (χ1n) is 12.8. The SMILES string of the molecule is CCN1C[C@]2(CO)CC[C@H](O)C34[C@@H]5C[C@H]6[C@H](OC(C)=O)[C@@H]5[C@](OC)(C[C@@H]6OC)[C@@](O)([C@H](O)[C@@H]32)[C@@H]14. The van der Waals surface area contributed by atoms with Gasteiger partial charge in [-0.2, -0.15) is 0 Å². The van der Waals surface area contributed by atoms with E-state index in [0.29, 0.717) is 38.8 Å². The maximum atomic E-state index is 12.9. The molecule has 5 aliphatic carbocycles. The predicted molar refractivity (Wildman–Crippen MR) is 118 cm³/mol. The van der Waals surface area contributed by atoms with Crippen LogP contribution in [0.5, 0.6) is 0 Å². The van der Waals surface area contributed by atoms with Crippen LogP contribution in [0.15, 0.2) is 0 Å². The van der Waals surface area contributed by atoms with Crippen molar-refractivity contribution in [1.82, 2.24) is 4.90 Å². The highest BCUT2D eigenvalue weighted by molar-refractivity contribution is 5.66. The number of likely N-dealkylation sites (tertiary alicyclic amines) is 1. The van der Waals surface area contributed by atoms with Gasteiger partial charge in [0.2, 0.25) is 0 Å². The number of ether oxygens (including phenoxy) is 3. The van der Waals surface area contributed by atoms with Crippen molar-refractivity contribution >= 4 is 5.97 Å². The number of aliphatic hydroxyl groups is 4. The zero-order chi connectivity index (χ0) is 24.4. The Morgan fingerprint density at radius 1 is 1.24 bits per heavy atom. The molecule has 9 nitrogen and oxygen atoms in total. The van der Waals surface area contributed by atoms with E-state index in [0.717, 1.165) is 0 Å². The number of carbonyl (C=O) groups is 1. The summed E-state index contributed by atoms with van der Waals surface area (Å²) >= 11 is 0. The molecule has 1 unspecified atom stereocenters. The molecule has 4 N–H and O–H groups in total. The Balaban J connectivity index is 1.66. The lowest BCUT2D eigenvalue weighted by Gasteiger charge is -2.70. The molecule has 0 radical (unpaired) electrons.